The summed E-state index contributed by atoms with van der Waals surface area (Å²) in [6, 6.07) is 0.833. The van der Waals surface area contributed by atoms with Gasteiger partial charge in [-0.2, -0.15) is 0 Å². The molecule has 1 saturated heterocycles. The van der Waals surface area contributed by atoms with E-state index in [1.807, 2.05) is 0 Å². The highest BCUT2D eigenvalue weighted by atomic mass is 127. The van der Waals surface area contributed by atoms with Crippen molar-refractivity contribution in [3.63, 3.8) is 0 Å². The van der Waals surface area contributed by atoms with Crippen LogP contribution in [0.5, 0.6) is 0 Å². The fourth-order valence-corrected chi connectivity index (χ4v) is 2.87. The van der Waals surface area contributed by atoms with Crippen molar-refractivity contribution in [1.29, 1.82) is 0 Å². The molecule has 1 aromatic rings. The molecule has 1 aliphatic heterocycles. The Morgan fingerprint density at radius 3 is 3.00 bits per heavy atom. The summed E-state index contributed by atoms with van der Waals surface area (Å²) in [6.07, 6.45) is 3.91. The molecule has 2 heterocycles. The van der Waals surface area contributed by atoms with Gasteiger partial charge in [0.25, 0.3) is 5.56 Å². The van der Waals surface area contributed by atoms with Crippen LogP contribution in [-0.4, -0.2) is 35.1 Å². The third-order valence-corrected chi connectivity index (χ3v) is 4.23. The molecule has 2 N–H and O–H groups in total. The fraction of sp³-hybridized carbons (Fsp3) is 0.667. The van der Waals surface area contributed by atoms with Gasteiger partial charge in [0, 0.05) is 18.6 Å². The zero-order chi connectivity index (χ0) is 13.1. The van der Waals surface area contributed by atoms with Gasteiger partial charge in [-0.25, -0.2) is 4.98 Å². The maximum atomic E-state index is 11.7. The Hall–Kier alpha value is -0.630. The minimum Gasteiger partial charge on any atom is -0.352 e. The molecule has 1 aromatic heterocycles. The number of hydrogen-bond acceptors (Lipinski definition) is 4. The number of H-pyrrole nitrogens is 1. The zero-order valence-corrected chi connectivity index (χ0v) is 12.9. The summed E-state index contributed by atoms with van der Waals surface area (Å²) in [5, 5.41) is 3.49. The minimum atomic E-state index is -0.0642. The van der Waals surface area contributed by atoms with Crippen LogP contribution in [0.25, 0.3) is 0 Å². The first-order valence-electron chi connectivity index (χ1n) is 6.33. The third kappa shape index (κ3) is 3.03. The lowest BCUT2D eigenvalue weighted by Gasteiger charge is -2.30. The molecule has 0 saturated carbocycles. The van der Waals surface area contributed by atoms with E-state index in [0.717, 1.165) is 18.9 Å². The normalized spacial score (nSPS) is 19.4. The molecule has 1 aliphatic rings. The smallest absolute Gasteiger partial charge is 0.266 e. The molecule has 6 heteroatoms. The van der Waals surface area contributed by atoms with Crippen molar-refractivity contribution in [2.45, 2.75) is 38.8 Å². The summed E-state index contributed by atoms with van der Waals surface area (Å²) in [4.78, 5) is 20.8. The molecular weight excluding hydrogens is 343 g/mol. The molecule has 0 aromatic carbocycles. The second-order valence-electron chi connectivity index (χ2n) is 4.91. The number of rotatable bonds is 4. The first-order valence-corrected chi connectivity index (χ1v) is 7.40. The Morgan fingerprint density at radius 1 is 1.61 bits per heavy atom. The van der Waals surface area contributed by atoms with E-state index >= 15 is 0 Å². The van der Waals surface area contributed by atoms with E-state index in [1.54, 1.807) is 0 Å². The quantitative estimate of drug-likeness (QED) is 0.794. The third-order valence-electron chi connectivity index (χ3n) is 3.25. The molecule has 0 spiro atoms. The van der Waals surface area contributed by atoms with Crippen LogP contribution in [-0.2, 0) is 0 Å². The van der Waals surface area contributed by atoms with E-state index in [0.29, 0.717) is 15.7 Å². The van der Waals surface area contributed by atoms with Gasteiger partial charge in [-0.1, -0.05) is 0 Å². The van der Waals surface area contributed by atoms with E-state index in [2.05, 4.69) is 56.6 Å². The van der Waals surface area contributed by atoms with Gasteiger partial charge in [0.15, 0.2) is 0 Å². The van der Waals surface area contributed by atoms with Gasteiger partial charge >= 0.3 is 0 Å². The molecule has 5 nitrogen and oxygen atoms in total. The Morgan fingerprint density at radius 2 is 2.39 bits per heavy atom. The van der Waals surface area contributed by atoms with Crippen LogP contribution in [0.1, 0.15) is 26.7 Å². The second kappa shape index (κ2) is 6.01. The van der Waals surface area contributed by atoms with Gasteiger partial charge in [0.2, 0.25) is 0 Å². The van der Waals surface area contributed by atoms with Crippen molar-refractivity contribution in [3.8, 4) is 0 Å². The molecular formula is C12H19IN4O. The van der Waals surface area contributed by atoms with E-state index in [1.165, 1.54) is 19.2 Å². The van der Waals surface area contributed by atoms with E-state index in [-0.39, 0.29) is 5.56 Å². The Labute approximate surface area is 121 Å². The molecule has 1 atom stereocenters. The van der Waals surface area contributed by atoms with Gasteiger partial charge in [0.05, 0.1) is 6.33 Å². The number of nitrogens with zero attached hydrogens (tertiary/aromatic N) is 2. The number of hydrogen-bond donors (Lipinski definition) is 2. The monoisotopic (exact) mass is 362 g/mol. The van der Waals surface area contributed by atoms with Crippen LogP contribution < -0.4 is 15.8 Å². The number of aromatic nitrogens is 2. The summed E-state index contributed by atoms with van der Waals surface area (Å²) in [6.45, 7) is 6.27. The molecule has 0 amide bonds. The topological polar surface area (TPSA) is 61.0 Å². The maximum Gasteiger partial charge on any atom is 0.266 e. The fourth-order valence-electron chi connectivity index (χ4n) is 2.27. The Balaban J connectivity index is 2.23. The highest BCUT2D eigenvalue weighted by Crippen LogP contribution is 2.20. The largest absolute Gasteiger partial charge is 0.352 e. The lowest BCUT2D eigenvalue weighted by atomic mass is 10.2. The molecule has 1 unspecified atom stereocenters. The van der Waals surface area contributed by atoms with Gasteiger partial charge in [-0.3, -0.25) is 4.79 Å². The lowest BCUT2D eigenvalue weighted by Crippen LogP contribution is -2.42. The van der Waals surface area contributed by atoms with Gasteiger partial charge in [-0.05, 0) is 55.8 Å². The first kappa shape index (κ1) is 13.8. The summed E-state index contributed by atoms with van der Waals surface area (Å²) < 4.78 is 0.668. The van der Waals surface area contributed by atoms with Crippen LogP contribution >= 0.6 is 22.6 Å². The number of nitrogens with one attached hydrogen (secondary N) is 2. The van der Waals surface area contributed by atoms with Crippen LogP contribution in [0, 0.1) is 3.57 Å². The average Bonchev–Trinajstić information content (AvgIpc) is 2.83. The SMILES string of the molecule is CC(C)N(CC1CCCN1)c1nc[nH]c(=O)c1I. The standard InChI is InChI=1S/C12H19IN4O/c1-8(2)17(6-9-4-3-5-14-9)11-10(13)12(18)16-7-15-11/h7-9,14H,3-6H2,1-2H3,(H,15,16,18). The highest BCUT2D eigenvalue weighted by Gasteiger charge is 2.22. The zero-order valence-electron chi connectivity index (χ0n) is 10.7. The molecule has 1 fully saturated rings. The van der Waals surface area contributed by atoms with Crippen molar-refractivity contribution in [2.75, 3.05) is 18.0 Å². The van der Waals surface area contributed by atoms with Crippen LogP contribution in [0.4, 0.5) is 5.82 Å². The minimum absolute atomic E-state index is 0.0642. The summed E-state index contributed by atoms with van der Waals surface area (Å²) in [7, 11) is 0. The van der Waals surface area contributed by atoms with E-state index < -0.39 is 0 Å². The number of anilines is 1. The first-order chi connectivity index (χ1) is 8.59. The van der Waals surface area contributed by atoms with Crippen molar-refractivity contribution in [1.82, 2.24) is 15.3 Å². The maximum absolute atomic E-state index is 11.7. The van der Waals surface area contributed by atoms with Crippen molar-refractivity contribution in [2.24, 2.45) is 0 Å². The van der Waals surface area contributed by atoms with Crippen molar-refractivity contribution < 1.29 is 0 Å². The van der Waals surface area contributed by atoms with Crippen molar-refractivity contribution >= 4 is 28.4 Å². The number of halogens is 1. The molecule has 0 bridgehead atoms. The van der Waals surface area contributed by atoms with Gasteiger partial charge in [0.1, 0.15) is 9.39 Å². The molecule has 0 aliphatic carbocycles. The molecule has 100 valence electrons. The number of aromatic amines is 1. The summed E-state index contributed by atoms with van der Waals surface area (Å²) in [5.74, 6) is 0.794. The summed E-state index contributed by atoms with van der Waals surface area (Å²) >= 11 is 2.07. The highest BCUT2D eigenvalue weighted by molar-refractivity contribution is 14.1. The van der Waals surface area contributed by atoms with Gasteiger partial charge < -0.3 is 15.2 Å². The molecule has 18 heavy (non-hydrogen) atoms. The second-order valence-corrected chi connectivity index (χ2v) is 5.99. The summed E-state index contributed by atoms with van der Waals surface area (Å²) in [5.41, 5.74) is -0.0642. The molecule has 2 rings (SSSR count). The average molecular weight is 362 g/mol. The van der Waals surface area contributed by atoms with E-state index in [4.69, 9.17) is 0 Å². The molecule has 0 radical (unpaired) electrons. The van der Waals surface area contributed by atoms with Crippen LogP contribution in [0.3, 0.4) is 0 Å². The van der Waals surface area contributed by atoms with Gasteiger partial charge in [-0.15, -0.1) is 0 Å². The van der Waals surface area contributed by atoms with Crippen molar-refractivity contribution in [3.05, 3.63) is 20.3 Å². The van der Waals surface area contributed by atoms with Crippen LogP contribution in [0.2, 0.25) is 0 Å². The Kier molecular flexibility index (Phi) is 4.60. The van der Waals surface area contributed by atoms with E-state index in [9.17, 15) is 4.79 Å². The van der Waals surface area contributed by atoms with Crippen LogP contribution in [0.15, 0.2) is 11.1 Å². The Bertz CT molecular complexity index is 454. The predicted molar refractivity (Wildman–Crippen MR) is 81.1 cm³/mol. The lowest BCUT2D eigenvalue weighted by molar-refractivity contribution is 0.547. The predicted octanol–water partition coefficient (Wildman–Crippen LogP) is 1.34.